The van der Waals surface area contributed by atoms with Crippen LogP contribution in [-0.4, -0.2) is 39.1 Å². The van der Waals surface area contributed by atoms with Crippen LogP contribution < -0.4 is 0 Å². The third-order valence-electron chi connectivity index (χ3n) is 4.71. The molecule has 4 nitrogen and oxygen atoms in total. The van der Waals surface area contributed by atoms with E-state index in [1.54, 1.807) is 0 Å². The molecule has 0 amide bonds. The quantitative estimate of drug-likeness (QED) is 0.736. The second-order valence-corrected chi connectivity index (χ2v) is 6.31. The van der Waals surface area contributed by atoms with Crippen molar-refractivity contribution in [1.29, 1.82) is 0 Å². The third kappa shape index (κ3) is 2.75. The molecule has 23 heavy (non-hydrogen) atoms. The van der Waals surface area contributed by atoms with Crippen molar-refractivity contribution in [3.63, 3.8) is 0 Å². The molecule has 0 radical (unpaired) electrons. The van der Waals surface area contributed by atoms with Gasteiger partial charge in [0.05, 0.1) is 5.52 Å². The molecule has 1 aliphatic rings. The number of hydrogen-bond acceptors (Lipinski definition) is 3. The van der Waals surface area contributed by atoms with Crippen LogP contribution in [0.15, 0.2) is 48.9 Å². The minimum atomic E-state index is 0.531. The van der Waals surface area contributed by atoms with Crippen LogP contribution in [0, 0.1) is 0 Å². The molecule has 118 valence electrons. The highest BCUT2D eigenvalue weighted by molar-refractivity contribution is 5.83. The average molecular weight is 306 g/mol. The van der Waals surface area contributed by atoms with E-state index >= 15 is 0 Å². The Hall–Kier alpha value is -2.20. The predicted molar refractivity (Wildman–Crippen MR) is 93.3 cm³/mol. The van der Waals surface area contributed by atoms with Crippen molar-refractivity contribution in [3.05, 3.63) is 48.9 Å². The minimum absolute atomic E-state index is 0.531. The van der Waals surface area contributed by atoms with Gasteiger partial charge < -0.3 is 9.47 Å². The normalized spacial score (nSPS) is 18.7. The Kier molecular flexibility index (Phi) is 3.83. The second-order valence-electron chi connectivity index (χ2n) is 6.31. The van der Waals surface area contributed by atoms with Gasteiger partial charge in [-0.3, -0.25) is 4.98 Å². The molecule has 0 bridgehead atoms. The zero-order valence-electron chi connectivity index (χ0n) is 13.5. The lowest BCUT2D eigenvalue weighted by atomic mass is 10.1. The molecular formula is C19H22N4. The molecule has 0 aliphatic carbocycles. The molecule has 0 saturated carbocycles. The van der Waals surface area contributed by atoms with Crippen molar-refractivity contribution < 1.29 is 0 Å². The van der Waals surface area contributed by atoms with E-state index in [1.807, 2.05) is 18.5 Å². The maximum absolute atomic E-state index is 4.63. The zero-order valence-corrected chi connectivity index (χ0v) is 13.5. The Bertz CT molecular complexity index is 808. The molecule has 2 aromatic heterocycles. The summed E-state index contributed by atoms with van der Waals surface area (Å²) in [5, 5.41) is 1.17. The van der Waals surface area contributed by atoms with Crippen molar-refractivity contribution in [2.24, 2.45) is 0 Å². The molecule has 3 heterocycles. The van der Waals surface area contributed by atoms with E-state index in [-0.39, 0.29) is 0 Å². The Balaban J connectivity index is 1.66. The largest absolute Gasteiger partial charge is 0.327 e. The van der Waals surface area contributed by atoms with Crippen LogP contribution >= 0.6 is 0 Å². The van der Waals surface area contributed by atoms with Gasteiger partial charge in [0.2, 0.25) is 0 Å². The average Bonchev–Trinajstić information content (AvgIpc) is 3.23. The summed E-state index contributed by atoms with van der Waals surface area (Å²) in [5.74, 6) is 1.07. The zero-order chi connectivity index (χ0) is 15.6. The van der Waals surface area contributed by atoms with Crippen molar-refractivity contribution in [1.82, 2.24) is 19.4 Å². The SMILES string of the molecule is CCCN1CCC(n2ccnc2-c2ccc3ncccc3c2)C1. The van der Waals surface area contributed by atoms with E-state index in [2.05, 4.69) is 56.8 Å². The number of fused-ring (bicyclic) bond motifs is 1. The number of nitrogens with zero attached hydrogens (tertiary/aromatic N) is 4. The Morgan fingerprint density at radius 1 is 1.17 bits per heavy atom. The number of likely N-dealkylation sites (tertiary alicyclic amines) is 1. The van der Waals surface area contributed by atoms with Crippen LogP contribution in [0.2, 0.25) is 0 Å². The van der Waals surface area contributed by atoms with Crippen LogP contribution in [0.25, 0.3) is 22.3 Å². The topological polar surface area (TPSA) is 34.0 Å². The maximum Gasteiger partial charge on any atom is 0.140 e. The molecule has 4 heteroatoms. The number of pyridine rings is 1. The first-order chi connectivity index (χ1) is 11.3. The van der Waals surface area contributed by atoms with E-state index in [9.17, 15) is 0 Å². The molecule has 1 atom stereocenters. The monoisotopic (exact) mass is 306 g/mol. The van der Waals surface area contributed by atoms with Gasteiger partial charge >= 0.3 is 0 Å². The van der Waals surface area contributed by atoms with E-state index in [0.717, 1.165) is 17.9 Å². The summed E-state index contributed by atoms with van der Waals surface area (Å²) in [4.78, 5) is 11.6. The van der Waals surface area contributed by atoms with Crippen LogP contribution in [-0.2, 0) is 0 Å². The van der Waals surface area contributed by atoms with Gasteiger partial charge in [-0.25, -0.2) is 4.98 Å². The summed E-state index contributed by atoms with van der Waals surface area (Å²) in [5.41, 5.74) is 2.20. The second kappa shape index (κ2) is 6.13. The lowest BCUT2D eigenvalue weighted by molar-refractivity contribution is 0.325. The van der Waals surface area contributed by atoms with Gasteiger partial charge in [0, 0.05) is 48.7 Å². The summed E-state index contributed by atoms with van der Waals surface area (Å²) in [6, 6.07) is 11.0. The van der Waals surface area contributed by atoms with Gasteiger partial charge in [0.15, 0.2) is 0 Å². The fraction of sp³-hybridized carbons (Fsp3) is 0.368. The van der Waals surface area contributed by atoms with Crippen LogP contribution in [0.3, 0.4) is 0 Å². The Labute approximate surface area is 136 Å². The molecule has 0 spiro atoms. The van der Waals surface area contributed by atoms with Crippen LogP contribution in [0.1, 0.15) is 25.8 Å². The number of aromatic nitrogens is 3. The maximum atomic E-state index is 4.63. The fourth-order valence-electron chi connectivity index (χ4n) is 3.60. The van der Waals surface area contributed by atoms with Crippen LogP contribution in [0.4, 0.5) is 0 Å². The molecule has 3 aromatic rings. The summed E-state index contributed by atoms with van der Waals surface area (Å²) < 4.78 is 2.35. The molecule has 1 saturated heterocycles. The number of imidazole rings is 1. The number of benzene rings is 1. The smallest absolute Gasteiger partial charge is 0.140 e. The highest BCUT2D eigenvalue weighted by Crippen LogP contribution is 2.29. The molecule has 1 unspecified atom stereocenters. The van der Waals surface area contributed by atoms with Gasteiger partial charge in [0.25, 0.3) is 0 Å². The summed E-state index contributed by atoms with van der Waals surface area (Å²) >= 11 is 0. The molecule has 1 fully saturated rings. The van der Waals surface area contributed by atoms with Gasteiger partial charge in [-0.1, -0.05) is 13.0 Å². The summed E-state index contributed by atoms with van der Waals surface area (Å²) in [7, 11) is 0. The molecular weight excluding hydrogens is 284 g/mol. The van der Waals surface area contributed by atoms with Crippen molar-refractivity contribution in [2.45, 2.75) is 25.8 Å². The molecule has 1 aliphatic heterocycles. The molecule has 0 N–H and O–H groups in total. The first-order valence-corrected chi connectivity index (χ1v) is 8.45. The number of hydrogen-bond donors (Lipinski definition) is 0. The Morgan fingerprint density at radius 2 is 2.13 bits per heavy atom. The van der Waals surface area contributed by atoms with E-state index in [4.69, 9.17) is 0 Å². The standard InChI is InChI=1S/C19H22N4/c1-2-10-22-11-7-17(14-22)23-12-9-21-19(23)16-5-6-18-15(13-16)4-3-8-20-18/h3-6,8-9,12-13,17H,2,7,10-11,14H2,1H3. The van der Waals surface area contributed by atoms with E-state index in [1.165, 1.54) is 36.9 Å². The first kappa shape index (κ1) is 14.4. The molecule has 1 aromatic carbocycles. The van der Waals surface area contributed by atoms with Gasteiger partial charge in [-0.05, 0) is 43.7 Å². The van der Waals surface area contributed by atoms with Crippen molar-refractivity contribution >= 4 is 10.9 Å². The summed E-state index contributed by atoms with van der Waals surface area (Å²) in [6.07, 6.45) is 8.32. The fourth-order valence-corrected chi connectivity index (χ4v) is 3.60. The lowest BCUT2D eigenvalue weighted by Crippen LogP contribution is -2.22. The third-order valence-corrected chi connectivity index (χ3v) is 4.71. The Morgan fingerprint density at radius 3 is 3.04 bits per heavy atom. The van der Waals surface area contributed by atoms with Gasteiger partial charge in [-0.15, -0.1) is 0 Å². The summed E-state index contributed by atoms with van der Waals surface area (Å²) in [6.45, 7) is 5.77. The van der Waals surface area contributed by atoms with E-state index < -0.39 is 0 Å². The van der Waals surface area contributed by atoms with Crippen molar-refractivity contribution in [2.75, 3.05) is 19.6 Å². The van der Waals surface area contributed by atoms with Gasteiger partial charge in [-0.2, -0.15) is 0 Å². The molecule has 4 rings (SSSR count). The van der Waals surface area contributed by atoms with Crippen molar-refractivity contribution in [3.8, 4) is 11.4 Å². The van der Waals surface area contributed by atoms with E-state index in [0.29, 0.717) is 6.04 Å². The minimum Gasteiger partial charge on any atom is -0.327 e. The number of rotatable bonds is 4. The first-order valence-electron chi connectivity index (χ1n) is 8.45. The van der Waals surface area contributed by atoms with Crippen LogP contribution in [0.5, 0.6) is 0 Å². The van der Waals surface area contributed by atoms with Gasteiger partial charge in [0.1, 0.15) is 5.82 Å². The highest BCUT2D eigenvalue weighted by atomic mass is 15.2. The predicted octanol–water partition coefficient (Wildman–Crippen LogP) is 3.76. The highest BCUT2D eigenvalue weighted by Gasteiger charge is 2.25. The lowest BCUT2D eigenvalue weighted by Gasteiger charge is -2.17.